The third kappa shape index (κ3) is 1.28. The fourth-order valence-electron chi connectivity index (χ4n) is 0.791. The zero-order valence-electron chi connectivity index (χ0n) is 5.21. The van der Waals surface area contributed by atoms with Crippen molar-refractivity contribution in [1.29, 1.82) is 0 Å². The van der Waals surface area contributed by atoms with Crippen molar-refractivity contribution < 1.29 is 25.2 Å². The van der Waals surface area contributed by atoms with Crippen LogP contribution in [-0.2, 0) is 4.74 Å². The molecule has 10 heavy (non-hydrogen) atoms. The number of aliphatic hydroxyl groups excluding tert-OH is 4. The van der Waals surface area contributed by atoms with Gasteiger partial charge in [-0.2, -0.15) is 0 Å². The van der Waals surface area contributed by atoms with Gasteiger partial charge in [0.1, 0.15) is 18.3 Å². The van der Waals surface area contributed by atoms with Gasteiger partial charge in [-0.1, -0.05) is 0 Å². The molecule has 0 bridgehead atoms. The summed E-state index contributed by atoms with van der Waals surface area (Å²) in [7, 11) is 0. The Balaban J connectivity index is 2.52. The molecule has 0 spiro atoms. The fraction of sp³-hybridized carbons (Fsp3) is 1.00. The Labute approximate surface area is 57.5 Å². The van der Waals surface area contributed by atoms with E-state index in [2.05, 4.69) is 4.74 Å². The summed E-state index contributed by atoms with van der Waals surface area (Å²) in [4.78, 5) is 0. The summed E-state index contributed by atoms with van der Waals surface area (Å²) in [6.07, 6.45) is -5.23. The lowest BCUT2D eigenvalue weighted by atomic mass is 11.0. The van der Waals surface area contributed by atoms with E-state index in [0.717, 1.165) is 0 Å². The second-order valence-corrected chi connectivity index (χ2v) is 2.27. The summed E-state index contributed by atoms with van der Waals surface area (Å²) in [6.45, 7) is -0.153. The Hall–Kier alpha value is -0.200. The number of ether oxygens (including phenoxy) is 1. The highest BCUT2D eigenvalue weighted by molar-refractivity contribution is 4.81. The highest BCUT2D eigenvalue weighted by Gasteiger charge is 2.36. The van der Waals surface area contributed by atoms with E-state index in [1.54, 1.807) is 0 Å². The summed E-state index contributed by atoms with van der Waals surface area (Å²) >= 11 is 0. The Morgan fingerprint density at radius 2 is 1.60 bits per heavy atom. The lowest BCUT2D eigenvalue weighted by Gasteiger charge is -2.31. The number of rotatable bonds is 0. The minimum Gasteiger partial charge on any atom is -0.388 e. The maximum absolute atomic E-state index is 8.88. The molecule has 0 aromatic rings. The molecule has 0 saturated carbocycles. The Morgan fingerprint density at radius 1 is 1.00 bits per heavy atom. The van der Waals surface area contributed by atoms with Crippen molar-refractivity contribution in [3.8, 4) is 0 Å². The molecule has 0 radical (unpaired) electrons. The molecule has 5 heteroatoms. The minimum atomic E-state index is -1.41. The van der Waals surface area contributed by atoms with Crippen molar-refractivity contribution in [2.45, 2.75) is 24.6 Å². The zero-order chi connectivity index (χ0) is 7.72. The maximum atomic E-state index is 8.88. The van der Waals surface area contributed by atoms with E-state index in [9.17, 15) is 0 Å². The average Bonchev–Trinajstić information content (AvgIpc) is 1.93. The molecule has 5 nitrogen and oxygen atoms in total. The van der Waals surface area contributed by atoms with Gasteiger partial charge in [0.2, 0.25) is 0 Å². The van der Waals surface area contributed by atoms with Gasteiger partial charge < -0.3 is 25.2 Å². The SMILES string of the molecule is O[13CH]1[13CH2]O[13CH](O)[13CH](O)[13CH]1O. The van der Waals surface area contributed by atoms with Gasteiger partial charge in [0.05, 0.1) is 6.61 Å². The van der Waals surface area contributed by atoms with Crippen LogP contribution in [-0.4, -0.2) is 51.6 Å². The van der Waals surface area contributed by atoms with Crippen LogP contribution in [0.25, 0.3) is 0 Å². The van der Waals surface area contributed by atoms with Crippen molar-refractivity contribution in [2.75, 3.05) is 6.61 Å². The lowest BCUT2D eigenvalue weighted by molar-refractivity contribution is -0.252. The van der Waals surface area contributed by atoms with Gasteiger partial charge in [0.25, 0.3) is 0 Å². The third-order valence-corrected chi connectivity index (χ3v) is 1.47. The maximum Gasteiger partial charge on any atom is 0.183 e. The zero-order valence-corrected chi connectivity index (χ0v) is 5.21. The first-order valence-corrected chi connectivity index (χ1v) is 2.97. The van der Waals surface area contributed by atoms with Crippen molar-refractivity contribution >= 4 is 0 Å². The molecular formula is C5H10O5. The summed E-state index contributed by atoms with van der Waals surface area (Å²) < 4.78 is 4.47. The van der Waals surface area contributed by atoms with E-state index in [4.69, 9.17) is 20.4 Å². The number of hydrogen-bond donors (Lipinski definition) is 4. The topological polar surface area (TPSA) is 90.2 Å². The Morgan fingerprint density at radius 3 is 2.10 bits per heavy atom. The Bertz CT molecular complexity index is 103. The van der Waals surface area contributed by atoms with Crippen LogP contribution in [0.1, 0.15) is 0 Å². The van der Waals surface area contributed by atoms with Gasteiger partial charge in [-0.3, -0.25) is 0 Å². The van der Waals surface area contributed by atoms with E-state index < -0.39 is 24.6 Å². The van der Waals surface area contributed by atoms with Crippen LogP contribution in [0.5, 0.6) is 0 Å². The van der Waals surface area contributed by atoms with Crippen LogP contribution in [0.15, 0.2) is 0 Å². The quantitative estimate of drug-likeness (QED) is 0.288. The highest BCUT2D eigenvalue weighted by atomic mass is 16.8. The van der Waals surface area contributed by atoms with Crippen LogP contribution >= 0.6 is 0 Å². The van der Waals surface area contributed by atoms with Crippen LogP contribution < -0.4 is 0 Å². The normalized spacial score (nSPS) is 49.2. The van der Waals surface area contributed by atoms with E-state index in [-0.39, 0.29) is 6.61 Å². The molecule has 0 aromatic heterocycles. The third-order valence-electron chi connectivity index (χ3n) is 1.47. The molecule has 1 fully saturated rings. The number of hydrogen-bond acceptors (Lipinski definition) is 5. The molecule has 4 N–H and O–H groups in total. The van der Waals surface area contributed by atoms with E-state index in [1.165, 1.54) is 0 Å². The average molecular weight is 155 g/mol. The molecule has 0 aliphatic carbocycles. The van der Waals surface area contributed by atoms with Gasteiger partial charge in [0.15, 0.2) is 6.29 Å². The molecule has 1 aliphatic rings. The molecule has 0 amide bonds. The second-order valence-electron chi connectivity index (χ2n) is 2.27. The van der Waals surface area contributed by atoms with Gasteiger partial charge in [0, 0.05) is 0 Å². The summed E-state index contributed by atoms with van der Waals surface area (Å²) in [5.74, 6) is 0. The summed E-state index contributed by atoms with van der Waals surface area (Å²) in [5, 5.41) is 35.3. The molecular weight excluding hydrogens is 145 g/mol. The van der Waals surface area contributed by atoms with Crippen LogP contribution in [0.4, 0.5) is 0 Å². The molecule has 60 valence electrons. The monoisotopic (exact) mass is 155 g/mol. The predicted molar refractivity (Wildman–Crippen MR) is 30.0 cm³/mol. The summed E-state index contributed by atoms with van der Waals surface area (Å²) in [6, 6.07) is 0. The highest BCUT2D eigenvalue weighted by Crippen LogP contribution is 2.12. The van der Waals surface area contributed by atoms with Crippen molar-refractivity contribution in [1.82, 2.24) is 0 Å². The first-order valence-electron chi connectivity index (χ1n) is 2.97. The minimum absolute atomic E-state index is 0.153. The van der Waals surface area contributed by atoms with E-state index >= 15 is 0 Å². The van der Waals surface area contributed by atoms with Crippen molar-refractivity contribution in [3.05, 3.63) is 0 Å². The molecule has 1 aliphatic heterocycles. The smallest absolute Gasteiger partial charge is 0.183 e. The first-order chi connectivity index (χ1) is 4.63. The fourth-order valence-corrected chi connectivity index (χ4v) is 0.791. The lowest BCUT2D eigenvalue weighted by Crippen LogP contribution is -2.52. The standard InChI is InChI=1S/C5H10O5/c6-2-1-10-5(9)4(8)3(2)7/h2-9H,1H2/i1+1,2+1,3+1,4+1,5+1. The molecule has 1 heterocycles. The van der Waals surface area contributed by atoms with Crippen LogP contribution in [0.2, 0.25) is 0 Å². The van der Waals surface area contributed by atoms with Crippen LogP contribution in [0.3, 0.4) is 0 Å². The largest absolute Gasteiger partial charge is 0.388 e. The second kappa shape index (κ2) is 2.81. The molecule has 1 saturated heterocycles. The first kappa shape index (κ1) is 7.90. The van der Waals surface area contributed by atoms with Crippen molar-refractivity contribution in [3.63, 3.8) is 0 Å². The Kier molecular flexibility index (Phi) is 2.22. The molecule has 4 atom stereocenters. The molecule has 1 rings (SSSR count). The predicted octanol–water partition coefficient (Wildman–Crippen LogP) is -2.58. The van der Waals surface area contributed by atoms with Gasteiger partial charge in [-0.15, -0.1) is 0 Å². The van der Waals surface area contributed by atoms with E-state index in [0.29, 0.717) is 0 Å². The van der Waals surface area contributed by atoms with Gasteiger partial charge in [-0.05, 0) is 0 Å². The van der Waals surface area contributed by atoms with Gasteiger partial charge in [-0.25, -0.2) is 0 Å². The molecule has 0 aromatic carbocycles. The van der Waals surface area contributed by atoms with Crippen molar-refractivity contribution in [2.24, 2.45) is 0 Å². The van der Waals surface area contributed by atoms with Crippen LogP contribution in [0, 0.1) is 0 Å². The molecule has 4 unspecified atom stereocenters. The number of aliphatic hydroxyl groups is 4. The van der Waals surface area contributed by atoms with Gasteiger partial charge >= 0.3 is 0 Å². The summed E-state index contributed by atoms with van der Waals surface area (Å²) in [5.41, 5.74) is 0. The van der Waals surface area contributed by atoms with E-state index in [1.807, 2.05) is 0 Å².